The smallest absolute Gasteiger partial charge is 0.411 e. The molecular weight excluding hydrogens is 256 g/mol. The summed E-state index contributed by atoms with van der Waals surface area (Å²) in [6.07, 6.45) is 1.70. The molecule has 0 aliphatic carbocycles. The Labute approximate surface area is 109 Å². The third-order valence-electron chi connectivity index (χ3n) is 2.38. The van der Waals surface area contributed by atoms with E-state index in [9.17, 15) is 9.59 Å². The number of ether oxygens (including phenoxy) is 1. The van der Waals surface area contributed by atoms with Crippen LogP contribution < -0.4 is 11.1 Å². The van der Waals surface area contributed by atoms with Crippen LogP contribution in [0.25, 0.3) is 0 Å². The number of carbonyl (C=O) groups excluding carboxylic acids is 1. The van der Waals surface area contributed by atoms with Crippen LogP contribution in [0.4, 0.5) is 16.2 Å². The molecule has 0 unspecified atom stereocenters. The van der Waals surface area contributed by atoms with Crippen LogP contribution in [-0.2, 0) is 16.0 Å². The molecule has 4 N–H and O–H groups in total. The number of aliphatic carboxylic acids is 1. The Morgan fingerprint density at radius 1 is 1.50 bits per heavy atom. The highest BCUT2D eigenvalue weighted by Crippen LogP contribution is 2.31. The Hall–Kier alpha value is -1.76. The lowest BCUT2D eigenvalue weighted by Gasteiger charge is -2.03. The number of thiophene rings is 1. The lowest BCUT2D eigenvalue weighted by Crippen LogP contribution is -2.11. The van der Waals surface area contributed by atoms with Crippen molar-refractivity contribution in [2.75, 3.05) is 18.2 Å². The number of methoxy groups -OCH3 is 1. The molecule has 1 heterocycles. The molecule has 1 rings (SSSR count). The van der Waals surface area contributed by atoms with E-state index in [-0.39, 0.29) is 6.42 Å². The number of amides is 1. The predicted molar refractivity (Wildman–Crippen MR) is 69.9 cm³/mol. The van der Waals surface area contributed by atoms with E-state index in [4.69, 9.17) is 10.8 Å². The topological polar surface area (TPSA) is 102 Å². The first-order valence-corrected chi connectivity index (χ1v) is 6.35. The van der Waals surface area contributed by atoms with Gasteiger partial charge in [0, 0.05) is 16.7 Å². The summed E-state index contributed by atoms with van der Waals surface area (Å²) in [5.74, 6) is -0.790. The lowest BCUT2D eigenvalue weighted by molar-refractivity contribution is -0.137. The largest absolute Gasteiger partial charge is 0.481 e. The van der Waals surface area contributed by atoms with E-state index in [1.165, 1.54) is 18.4 Å². The quantitative estimate of drug-likeness (QED) is 0.690. The van der Waals surface area contributed by atoms with Crippen LogP contribution in [0.3, 0.4) is 0 Å². The normalized spacial score (nSPS) is 10.1. The monoisotopic (exact) mass is 272 g/mol. The SMILES string of the molecule is COC(=O)Nc1csc(CCCCC(=O)O)c1N. The number of nitrogens with one attached hydrogen (secondary N) is 1. The molecule has 7 heteroatoms. The summed E-state index contributed by atoms with van der Waals surface area (Å²) in [6, 6.07) is 0. The summed E-state index contributed by atoms with van der Waals surface area (Å²) in [7, 11) is 1.28. The van der Waals surface area contributed by atoms with Crippen molar-refractivity contribution in [1.82, 2.24) is 0 Å². The second kappa shape index (κ2) is 6.85. The molecule has 6 nitrogen and oxygen atoms in total. The zero-order valence-corrected chi connectivity index (χ0v) is 10.9. The van der Waals surface area contributed by atoms with Crippen LogP contribution in [0, 0.1) is 0 Å². The molecule has 0 spiro atoms. The van der Waals surface area contributed by atoms with Gasteiger partial charge in [-0.3, -0.25) is 10.1 Å². The average molecular weight is 272 g/mol. The molecule has 1 amide bonds. The van der Waals surface area contributed by atoms with Crippen molar-refractivity contribution >= 4 is 34.8 Å². The number of carbonyl (C=O) groups is 2. The van der Waals surface area contributed by atoms with Crippen molar-refractivity contribution in [2.45, 2.75) is 25.7 Å². The molecule has 0 radical (unpaired) electrons. The summed E-state index contributed by atoms with van der Waals surface area (Å²) < 4.78 is 4.48. The molecule has 100 valence electrons. The van der Waals surface area contributed by atoms with Gasteiger partial charge in [-0.1, -0.05) is 0 Å². The number of hydrogen-bond acceptors (Lipinski definition) is 5. The number of carboxylic acid groups (broad SMARTS) is 1. The molecule has 0 bridgehead atoms. The molecule has 0 atom stereocenters. The Balaban J connectivity index is 2.47. The number of aryl methyl sites for hydroxylation is 1. The minimum absolute atomic E-state index is 0.165. The third-order valence-corrected chi connectivity index (χ3v) is 3.44. The molecule has 0 aromatic carbocycles. The maximum absolute atomic E-state index is 11.0. The van der Waals surface area contributed by atoms with Crippen molar-refractivity contribution in [3.05, 3.63) is 10.3 Å². The van der Waals surface area contributed by atoms with E-state index >= 15 is 0 Å². The fraction of sp³-hybridized carbons (Fsp3) is 0.455. The van der Waals surface area contributed by atoms with E-state index < -0.39 is 12.1 Å². The molecule has 18 heavy (non-hydrogen) atoms. The van der Waals surface area contributed by atoms with Gasteiger partial charge in [0.25, 0.3) is 0 Å². The highest BCUT2D eigenvalue weighted by Gasteiger charge is 2.11. The van der Waals surface area contributed by atoms with Gasteiger partial charge in [-0.2, -0.15) is 0 Å². The molecule has 1 aromatic rings. The van der Waals surface area contributed by atoms with E-state index in [1.807, 2.05) is 0 Å². The fourth-order valence-corrected chi connectivity index (χ4v) is 2.37. The molecule has 0 aliphatic heterocycles. The minimum atomic E-state index is -0.790. The van der Waals surface area contributed by atoms with Gasteiger partial charge in [-0.05, 0) is 19.3 Å². The van der Waals surface area contributed by atoms with Gasteiger partial charge in [0.15, 0.2) is 0 Å². The van der Waals surface area contributed by atoms with Crippen molar-refractivity contribution in [1.29, 1.82) is 0 Å². The van der Waals surface area contributed by atoms with Gasteiger partial charge in [0.1, 0.15) is 0 Å². The molecule has 1 aromatic heterocycles. The molecule has 0 fully saturated rings. The second-order valence-electron chi connectivity index (χ2n) is 3.70. The van der Waals surface area contributed by atoms with Crippen LogP contribution in [0.1, 0.15) is 24.1 Å². The van der Waals surface area contributed by atoms with Crippen LogP contribution >= 0.6 is 11.3 Å². The molecule has 0 saturated carbocycles. The van der Waals surface area contributed by atoms with Crippen molar-refractivity contribution in [3.8, 4) is 0 Å². The van der Waals surface area contributed by atoms with E-state index in [1.54, 1.807) is 5.38 Å². The maximum Gasteiger partial charge on any atom is 0.411 e. The van der Waals surface area contributed by atoms with Crippen molar-refractivity contribution < 1.29 is 19.4 Å². The number of nitrogen functional groups attached to an aromatic ring is 1. The molecule has 0 aliphatic rings. The zero-order valence-electron chi connectivity index (χ0n) is 10.1. The predicted octanol–water partition coefficient (Wildman–Crippen LogP) is 2.31. The van der Waals surface area contributed by atoms with Crippen LogP contribution in [0.2, 0.25) is 0 Å². The number of carboxylic acids is 1. The second-order valence-corrected chi connectivity index (χ2v) is 4.67. The first-order chi connectivity index (χ1) is 8.54. The fourth-order valence-electron chi connectivity index (χ4n) is 1.42. The summed E-state index contributed by atoms with van der Waals surface area (Å²) in [5, 5.41) is 12.8. The number of hydrogen-bond donors (Lipinski definition) is 3. The Morgan fingerprint density at radius 3 is 2.83 bits per heavy atom. The van der Waals surface area contributed by atoms with Crippen molar-refractivity contribution in [2.24, 2.45) is 0 Å². The molecule has 0 saturated heterocycles. The number of anilines is 2. The number of rotatable bonds is 6. The minimum Gasteiger partial charge on any atom is -0.481 e. The Morgan fingerprint density at radius 2 is 2.22 bits per heavy atom. The van der Waals surface area contributed by atoms with Gasteiger partial charge < -0.3 is 15.6 Å². The lowest BCUT2D eigenvalue weighted by atomic mass is 10.1. The van der Waals surface area contributed by atoms with Gasteiger partial charge in [0.05, 0.1) is 18.5 Å². The maximum atomic E-state index is 11.0. The molecular formula is C11H16N2O4S. The van der Waals surface area contributed by atoms with Crippen LogP contribution in [0.15, 0.2) is 5.38 Å². The Bertz CT molecular complexity index is 431. The van der Waals surface area contributed by atoms with Gasteiger partial charge in [-0.25, -0.2) is 4.79 Å². The van der Waals surface area contributed by atoms with E-state index in [2.05, 4.69) is 10.1 Å². The highest BCUT2D eigenvalue weighted by molar-refractivity contribution is 7.11. The summed E-state index contributed by atoms with van der Waals surface area (Å²) in [5.41, 5.74) is 6.94. The van der Waals surface area contributed by atoms with Gasteiger partial charge in [-0.15, -0.1) is 11.3 Å². The Kier molecular flexibility index (Phi) is 5.44. The highest BCUT2D eigenvalue weighted by atomic mass is 32.1. The van der Waals surface area contributed by atoms with Crippen LogP contribution in [-0.4, -0.2) is 24.3 Å². The van der Waals surface area contributed by atoms with Gasteiger partial charge >= 0.3 is 12.1 Å². The summed E-state index contributed by atoms with van der Waals surface area (Å²) >= 11 is 1.44. The first kappa shape index (κ1) is 14.3. The zero-order chi connectivity index (χ0) is 13.5. The summed E-state index contributed by atoms with van der Waals surface area (Å²) in [6.45, 7) is 0. The third kappa shape index (κ3) is 4.25. The summed E-state index contributed by atoms with van der Waals surface area (Å²) in [4.78, 5) is 22.3. The van der Waals surface area contributed by atoms with E-state index in [0.717, 1.165) is 11.3 Å². The van der Waals surface area contributed by atoms with Crippen LogP contribution in [0.5, 0.6) is 0 Å². The standard InChI is InChI=1S/C11H16N2O4S/c1-17-11(16)13-7-6-18-8(10(7)12)4-2-3-5-9(14)15/h6H,2-5,12H2,1H3,(H,13,16)(H,14,15). The van der Waals surface area contributed by atoms with Crippen molar-refractivity contribution in [3.63, 3.8) is 0 Å². The average Bonchev–Trinajstić information content (AvgIpc) is 2.66. The van der Waals surface area contributed by atoms with Gasteiger partial charge in [0.2, 0.25) is 0 Å². The number of unbranched alkanes of at least 4 members (excludes halogenated alkanes) is 1. The van der Waals surface area contributed by atoms with E-state index in [0.29, 0.717) is 24.2 Å². The number of nitrogens with two attached hydrogens (primary N) is 1. The first-order valence-electron chi connectivity index (χ1n) is 5.47.